The van der Waals surface area contributed by atoms with Gasteiger partial charge in [-0.2, -0.15) is 0 Å². The predicted octanol–water partition coefficient (Wildman–Crippen LogP) is 3.35. The van der Waals surface area contributed by atoms with Crippen LogP contribution in [0, 0.1) is 0 Å². The third-order valence-corrected chi connectivity index (χ3v) is 4.77. The molecule has 2 rings (SSSR count). The van der Waals surface area contributed by atoms with Gasteiger partial charge in [-0.1, -0.05) is 29.3 Å². The maximum atomic E-state index is 12.4. The Kier molecular flexibility index (Phi) is 5.93. The zero-order valence-electron chi connectivity index (χ0n) is 12.5. The average molecular weight is 390 g/mol. The number of carbonyl (C=O) groups is 1. The van der Waals surface area contributed by atoms with Gasteiger partial charge in [0, 0.05) is 5.02 Å². The maximum Gasteiger partial charge on any atom is 0.343 e. The molecule has 24 heavy (non-hydrogen) atoms. The van der Waals surface area contributed by atoms with Crippen LogP contribution in [0.3, 0.4) is 0 Å². The van der Waals surface area contributed by atoms with Crippen LogP contribution >= 0.6 is 23.2 Å². The van der Waals surface area contributed by atoms with E-state index in [0.29, 0.717) is 10.7 Å². The van der Waals surface area contributed by atoms with Crippen molar-refractivity contribution in [1.29, 1.82) is 0 Å². The van der Waals surface area contributed by atoms with E-state index in [4.69, 9.17) is 27.9 Å². The molecule has 128 valence electrons. The van der Waals surface area contributed by atoms with Crippen molar-refractivity contribution in [2.75, 3.05) is 18.4 Å². The number of hydrogen-bond donors (Lipinski definition) is 1. The summed E-state index contributed by atoms with van der Waals surface area (Å²) in [6.45, 7) is -0.330. The van der Waals surface area contributed by atoms with Gasteiger partial charge in [-0.25, -0.2) is 13.2 Å². The van der Waals surface area contributed by atoms with Crippen LogP contribution in [0.4, 0.5) is 5.69 Å². The second-order valence-corrected chi connectivity index (χ2v) is 7.10. The third kappa shape index (κ3) is 4.77. The summed E-state index contributed by atoms with van der Waals surface area (Å²) in [7, 11) is -2.62. The standard InChI is InChI=1S/C15H13Cl2NO5S/c1-22-15(19)9-23-14-6-5-12(8-13(14)17)24(20,21)18-11-4-2-3-10(16)7-11/h2-8,18H,9H2,1H3. The summed E-state index contributed by atoms with van der Waals surface area (Å²) in [6.07, 6.45) is 0. The van der Waals surface area contributed by atoms with Crippen LogP contribution in [0.2, 0.25) is 10.0 Å². The number of anilines is 1. The molecular formula is C15H13Cl2NO5S. The van der Waals surface area contributed by atoms with Gasteiger partial charge in [0.05, 0.1) is 22.7 Å². The van der Waals surface area contributed by atoms with Gasteiger partial charge >= 0.3 is 5.97 Å². The van der Waals surface area contributed by atoms with Crippen LogP contribution in [0.1, 0.15) is 0 Å². The van der Waals surface area contributed by atoms with Crippen molar-refractivity contribution in [3.63, 3.8) is 0 Å². The van der Waals surface area contributed by atoms with E-state index < -0.39 is 16.0 Å². The number of hydrogen-bond acceptors (Lipinski definition) is 5. The van der Waals surface area contributed by atoms with Crippen LogP contribution in [0.15, 0.2) is 47.4 Å². The minimum Gasteiger partial charge on any atom is -0.480 e. The van der Waals surface area contributed by atoms with Gasteiger partial charge in [0.25, 0.3) is 10.0 Å². The molecule has 0 aliphatic heterocycles. The molecule has 1 N–H and O–H groups in total. The summed E-state index contributed by atoms with van der Waals surface area (Å²) < 4.78 is 36.7. The van der Waals surface area contributed by atoms with E-state index in [1.807, 2.05) is 0 Å². The molecule has 0 unspecified atom stereocenters. The number of rotatable bonds is 6. The fourth-order valence-corrected chi connectivity index (χ4v) is 3.29. The van der Waals surface area contributed by atoms with Gasteiger partial charge in [0.15, 0.2) is 6.61 Å². The molecular weight excluding hydrogens is 377 g/mol. The Bertz CT molecular complexity index is 855. The molecule has 0 atom stereocenters. The Balaban J connectivity index is 2.19. The van der Waals surface area contributed by atoms with Crippen molar-refractivity contribution >= 4 is 44.9 Å². The monoisotopic (exact) mass is 389 g/mol. The lowest BCUT2D eigenvalue weighted by Crippen LogP contribution is -2.14. The minimum atomic E-state index is -3.85. The van der Waals surface area contributed by atoms with Gasteiger partial charge < -0.3 is 9.47 Å². The van der Waals surface area contributed by atoms with E-state index in [1.165, 1.54) is 31.4 Å². The molecule has 0 spiro atoms. The first-order valence-electron chi connectivity index (χ1n) is 6.59. The quantitative estimate of drug-likeness (QED) is 0.766. The number of methoxy groups -OCH3 is 1. The van der Waals surface area contributed by atoms with Crippen LogP contribution in [0.5, 0.6) is 5.75 Å². The normalized spacial score (nSPS) is 11.0. The molecule has 0 bridgehead atoms. The summed E-state index contributed by atoms with van der Waals surface area (Å²) >= 11 is 11.8. The van der Waals surface area contributed by atoms with E-state index in [1.54, 1.807) is 18.2 Å². The van der Waals surface area contributed by atoms with Crippen molar-refractivity contribution in [3.8, 4) is 5.75 Å². The lowest BCUT2D eigenvalue weighted by Gasteiger charge is -2.11. The number of nitrogens with one attached hydrogen (secondary N) is 1. The largest absolute Gasteiger partial charge is 0.480 e. The first-order valence-corrected chi connectivity index (χ1v) is 8.83. The zero-order valence-corrected chi connectivity index (χ0v) is 14.8. The van der Waals surface area contributed by atoms with Crippen molar-refractivity contribution in [1.82, 2.24) is 0 Å². The maximum absolute atomic E-state index is 12.4. The Morgan fingerprint density at radius 3 is 2.54 bits per heavy atom. The zero-order chi connectivity index (χ0) is 17.7. The minimum absolute atomic E-state index is 0.0490. The topological polar surface area (TPSA) is 81.7 Å². The lowest BCUT2D eigenvalue weighted by molar-refractivity contribution is -0.142. The van der Waals surface area contributed by atoms with Gasteiger partial charge in [-0.15, -0.1) is 0 Å². The summed E-state index contributed by atoms with van der Waals surface area (Å²) in [4.78, 5) is 11.0. The second kappa shape index (κ2) is 7.74. The first kappa shape index (κ1) is 18.4. The fraction of sp³-hybridized carbons (Fsp3) is 0.133. The predicted molar refractivity (Wildman–Crippen MR) is 91.2 cm³/mol. The highest BCUT2D eigenvalue weighted by Gasteiger charge is 2.17. The number of sulfonamides is 1. The number of ether oxygens (including phenoxy) is 2. The summed E-state index contributed by atoms with van der Waals surface area (Å²) in [5.74, 6) is -0.408. The molecule has 0 amide bonds. The molecule has 0 aromatic heterocycles. The molecule has 0 saturated carbocycles. The number of esters is 1. The summed E-state index contributed by atoms with van der Waals surface area (Å²) in [6, 6.07) is 10.2. The molecule has 6 nitrogen and oxygen atoms in total. The Hall–Kier alpha value is -1.96. The highest BCUT2D eigenvalue weighted by atomic mass is 35.5. The van der Waals surface area contributed by atoms with Crippen molar-refractivity contribution in [2.45, 2.75) is 4.90 Å². The highest BCUT2D eigenvalue weighted by molar-refractivity contribution is 7.92. The molecule has 0 radical (unpaired) electrons. The van der Waals surface area contributed by atoms with Crippen molar-refractivity contribution in [2.24, 2.45) is 0 Å². The van der Waals surface area contributed by atoms with Crippen LogP contribution in [0.25, 0.3) is 0 Å². The SMILES string of the molecule is COC(=O)COc1ccc(S(=O)(=O)Nc2cccc(Cl)c2)cc1Cl. The number of carbonyl (C=O) groups excluding carboxylic acids is 1. The van der Waals surface area contributed by atoms with Gasteiger partial charge in [-0.3, -0.25) is 4.72 Å². The first-order chi connectivity index (χ1) is 11.3. The Morgan fingerprint density at radius 1 is 1.17 bits per heavy atom. The third-order valence-electron chi connectivity index (χ3n) is 2.86. The molecule has 0 fully saturated rings. The molecule has 0 heterocycles. The highest BCUT2D eigenvalue weighted by Crippen LogP contribution is 2.28. The van der Waals surface area contributed by atoms with Crippen molar-refractivity contribution < 1.29 is 22.7 Å². The van der Waals surface area contributed by atoms with Crippen molar-refractivity contribution in [3.05, 3.63) is 52.5 Å². The molecule has 0 aliphatic rings. The smallest absolute Gasteiger partial charge is 0.343 e. The Labute approximate surface area is 149 Å². The number of benzene rings is 2. The van der Waals surface area contributed by atoms with Gasteiger partial charge in [0.1, 0.15) is 5.75 Å². The van der Waals surface area contributed by atoms with Gasteiger partial charge in [0.2, 0.25) is 0 Å². The van der Waals surface area contributed by atoms with E-state index in [9.17, 15) is 13.2 Å². The van der Waals surface area contributed by atoms with E-state index in [0.717, 1.165) is 0 Å². The molecule has 0 aliphatic carbocycles. The molecule has 2 aromatic carbocycles. The van der Waals surface area contributed by atoms with E-state index in [-0.39, 0.29) is 22.3 Å². The molecule has 9 heteroatoms. The average Bonchev–Trinajstić information content (AvgIpc) is 2.52. The molecule has 0 saturated heterocycles. The second-order valence-electron chi connectivity index (χ2n) is 4.57. The number of halogens is 2. The molecule has 2 aromatic rings. The van der Waals surface area contributed by atoms with Gasteiger partial charge in [-0.05, 0) is 36.4 Å². The van der Waals surface area contributed by atoms with E-state index in [2.05, 4.69) is 9.46 Å². The Morgan fingerprint density at radius 2 is 1.92 bits per heavy atom. The van der Waals surface area contributed by atoms with Crippen LogP contribution in [-0.4, -0.2) is 28.1 Å². The van der Waals surface area contributed by atoms with Crippen LogP contribution in [-0.2, 0) is 19.6 Å². The summed E-state index contributed by atoms with van der Waals surface area (Å²) in [5, 5.41) is 0.452. The summed E-state index contributed by atoms with van der Waals surface area (Å²) in [5.41, 5.74) is 0.324. The van der Waals surface area contributed by atoms with Crippen LogP contribution < -0.4 is 9.46 Å². The van der Waals surface area contributed by atoms with E-state index >= 15 is 0 Å². The lowest BCUT2D eigenvalue weighted by atomic mass is 10.3. The fourth-order valence-electron chi connectivity index (χ4n) is 1.73.